The lowest BCUT2D eigenvalue weighted by Crippen LogP contribution is -2.41. The SMILES string of the molecule is O=C(CN1CCOCC1)Nc1cc2cc(-c3cncc(F)c3)cnc2cn1. The summed E-state index contributed by atoms with van der Waals surface area (Å²) in [5.41, 5.74) is 2.07. The Kier molecular flexibility index (Phi) is 4.99. The van der Waals surface area contributed by atoms with E-state index in [4.69, 9.17) is 4.74 Å². The molecular formula is C19H18FN5O2. The quantitative estimate of drug-likeness (QED) is 0.761. The van der Waals surface area contributed by atoms with Gasteiger partial charge in [-0.3, -0.25) is 19.7 Å². The number of anilines is 1. The second-order valence-corrected chi connectivity index (χ2v) is 6.31. The summed E-state index contributed by atoms with van der Waals surface area (Å²) in [7, 11) is 0. The highest BCUT2D eigenvalue weighted by Gasteiger charge is 2.14. The van der Waals surface area contributed by atoms with Gasteiger partial charge in [0.15, 0.2) is 0 Å². The number of hydrogen-bond donors (Lipinski definition) is 1. The Labute approximate surface area is 155 Å². The summed E-state index contributed by atoms with van der Waals surface area (Å²) in [5, 5.41) is 3.62. The molecule has 1 aliphatic rings. The van der Waals surface area contributed by atoms with Gasteiger partial charge >= 0.3 is 0 Å². The molecule has 0 unspecified atom stereocenters. The maximum Gasteiger partial charge on any atom is 0.239 e. The third kappa shape index (κ3) is 4.24. The van der Waals surface area contributed by atoms with E-state index in [9.17, 15) is 9.18 Å². The Morgan fingerprint density at radius 2 is 1.89 bits per heavy atom. The Morgan fingerprint density at radius 3 is 2.70 bits per heavy atom. The summed E-state index contributed by atoms with van der Waals surface area (Å²) >= 11 is 0. The lowest BCUT2D eigenvalue weighted by atomic mass is 10.1. The minimum atomic E-state index is -0.404. The van der Waals surface area contributed by atoms with Crippen LogP contribution in [0.15, 0.2) is 43.0 Å². The molecule has 1 amide bonds. The molecule has 0 saturated carbocycles. The first-order chi connectivity index (χ1) is 13.2. The number of carbonyl (C=O) groups is 1. The van der Waals surface area contributed by atoms with Crippen LogP contribution in [0, 0.1) is 5.82 Å². The van der Waals surface area contributed by atoms with Crippen LogP contribution in [0.5, 0.6) is 0 Å². The van der Waals surface area contributed by atoms with E-state index in [2.05, 4.69) is 20.3 Å². The normalized spacial score (nSPS) is 15.0. The zero-order chi connectivity index (χ0) is 18.6. The van der Waals surface area contributed by atoms with Gasteiger partial charge in [-0.25, -0.2) is 9.37 Å². The molecule has 138 valence electrons. The highest BCUT2D eigenvalue weighted by molar-refractivity contribution is 5.93. The number of pyridine rings is 3. The fraction of sp³-hybridized carbons (Fsp3) is 0.263. The molecule has 4 rings (SSSR count). The van der Waals surface area contributed by atoms with Crippen molar-refractivity contribution in [3.63, 3.8) is 0 Å². The van der Waals surface area contributed by atoms with Crippen molar-refractivity contribution < 1.29 is 13.9 Å². The fourth-order valence-electron chi connectivity index (χ4n) is 2.97. The summed E-state index contributed by atoms with van der Waals surface area (Å²) in [6, 6.07) is 5.04. The Hall–Kier alpha value is -2.97. The molecule has 0 radical (unpaired) electrons. The maximum atomic E-state index is 13.4. The molecule has 7 nitrogen and oxygen atoms in total. The minimum absolute atomic E-state index is 0.123. The number of rotatable bonds is 4. The molecule has 3 aromatic rings. The molecule has 0 aromatic carbocycles. The first-order valence-corrected chi connectivity index (χ1v) is 8.64. The predicted molar refractivity (Wildman–Crippen MR) is 98.6 cm³/mol. The predicted octanol–water partition coefficient (Wildman–Crippen LogP) is 2.10. The van der Waals surface area contributed by atoms with E-state index in [0.29, 0.717) is 36.7 Å². The number of morpholine rings is 1. The third-order valence-corrected chi connectivity index (χ3v) is 4.34. The molecule has 0 bridgehead atoms. The molecule has 4 heterocycles. The summed E-state index contributed by atoms with van der Waals surface area (Å²) in [6.45, 7) is 3.08. The minimum Gasteiger partial charge on any atom is -0.379 e. The fourth-order valence-corrected chi connectivity index (χ4v) is 2.97. The number of amides is 1. The van der Waals surface area contributed by atoms with Crippen LogP contribution in [0.2, 0.25) is 0 Å². The molecule has 1 N–H and O–H groups in total. The molecule has 1 saturated heterocycles. The second-order valence-electron chi connectivity index (χ2n) is 6.31. The average Bonchev–Trinajstić information content (AvgIpc) is 2.68. The molecule has 8 heteroatoms. The van der Waals surface area contributed by atoms with Crippen LogP contribution >= 0.6 is 0 Å². The highest BCUT2D eigenvalue weighted by Crippen LogP contribution is 2.23. The van der Waals surface area contributed by atoms with Crippen LogP contribution in [-0.4, -0.2) is 58.6 Å². The lowest BCUT2D eigenvalue weighted by molar-refractivity contribution is -0.118. The maximum absolute atomic E-state index is 13.4. The average molecular weight is 367 g/mol. The van der Waals surface area contributed by atoms with Gasteiger partial charge in [0.25, 0.3) is 0 Å². The topological polar surface area (TPSA) is 80.2 Å². The number of fused-ring (bicyclic) bond motifs is 1. The number of nitrogens with one attached hydrogen (secondary N) is 1. The molecule has 0 spiro atoms. The van der Waals surface area contributed by atoms with E-state index in [1.165, 1.54) is 6.07 Å². The third-order valence-electron chi connectivity index (χ3n) is 4.34. The van der Waals surface area contributed by atoms with Crippen LogP contribution in [-0.2, 0) is 9.53 Å². The van der Waals surface area contributed by atoms with Crippen LogP contribution in [0.25, 0.3) is 22.0 Å². The van der Waals surface area contributed by atoms with Crippen molar-refractivity contribution >= 4 is 22.6 Å². The number of hydrogen-bond acceptors (Lipinski definition) is 6. The van der Waals surface area contributed by atoms with Gasteiger partial charge in [0, 0.05) is 42.0 Å². The first kappa shape index (κ1) is 17.4. The van der Waals surface area contributed by atoms with Crippen LogP contribution in [0.1, 0.15) is 0 Å². The van der Waals surface area contributed by atoms with Gasteiger partial charge in [0.2, 0.25) is 5.91 Å². The van der Waals surface area contributed by atoms with E-state index < -0.39 is 5.82 Å². The molecule has 1 fully saturated rings. The number of aromatic nitrogens is 3. The van der Waals surface area contributed by atoms with Crippen molar-refractivity contribution in [2.24, 2.45) is 0 Å². The second kappa shape index (κ2) is 7.73. The molecule has 0 atom stereocenters. The van der Waals surface area contributed by atoms with E-state index >= 15 is 0 Å². The largest absolute Gasteiger partial charge is 0.379 e. The highest BCUT2D eigenvalue weighted by atomic mass is 19.1. The van der Waals surface area contributed by atoms with Crippen molar-refractivity contribution in [3.05, 3.63) is 48.8 Å². The first-order valence-electron chi connectivity index (χ1n) is 8.64. The van der Waals surface area contributed by atoms with Gasteiger partial charge in [-0.15, -0.1) is 0 Å². The zero-order valence-electron chi connectivity index (χ0n) is 14.6. The summed E-state index contributed by atoms with van der Waals surface area (Å²) < 4.78 is 18.7. The molecule has 27 heavy (non-hydrogen) atoms. The van der Waals surface area contributed by atoms with Crippen molar-refractivity contribution in [2.45, 2.75) is 0 Å². The number of ether oxygens (including phenoxy) is 1. The van der Waals surface area contributed by atoms with Crippen molar-refractivity contribution in [1.29, 1.82) is 0 Å². The Bertz CT molecular complexity index is 975. The van der Waals surface area contributed by atoms with Crippen LogP contribution < -0.4 is 5.32 Å². The summed E-state index contributed by atoms with van der Waals surface area (Å²) in [5.74, 6) is -0.0716. The van der Waals surface area contributed by atoms with Crippen molar-refractivity contribution in [2.75, 3.05) is 38.2 Å². The zero-order valence-corrected chi connectivity index (χ0v) is 14.6. The van der Waals surface area contributed by atoms with E-state index in [1.54, 1.807) is 24.7 Å². The summed E-state index contributed by atoms with van der Waals surface area (Å²) in [6.07, 6.45) is 5.99. The van der Waals surface area contributed by atoms with Crippen molar-refractivity contribution in [3.8, 4) is 11.1 Å². The monoisotopic (exact) mass is 367 g/mol. The Morgan fingerprint density at radius 1 is 1.07 bits per heavy atom. The van der Waals surface area contributed by atoms with Gasteiger partial charge in [-0.05, 0) is 18.2 Å². The number of carbonyl (C=O) groups excluding carboxylic acids is 1. The van der Waals surface area contributed by atoms with E-state index in [0.717, 1.165) is 30.2 Å². The Balaban J connectivity index is 1.53. The van der Waals surface area contributed by atoms with E-state index in [-0.39, 0.29) is 5.91 Å². The molecule has 1 aliphatic heterocycles. The number of halogens is 1. The lowest BCUT2D eigenvalue weighted by Gasteiger charge is -2.25. The van der Waals surface area contributed by atoms with Gasteiger partial charge < -0.3 is 10.1 Å². The van der Waals surface area contributed by atoms with Gasteiger partial charge in [-0.2, -0.15) is 0 Å². The standard InChI is InChI=1S/C19H18FN5O2/c20-16-6-15(8-21-10-16)14-5-13-7-18(23-11-17(13)22-9-14)24-19(26)12-25-1-3-27-4-2-25/h5-11H,1-4,12H2,(H,23,24,26). The van der Waals surface area contributed by atoms with Gasteiger partial charge in [0.05, 0.1) is 37.7 Å². The van der Waals surface area contributed by atoms with Gasteiger partial charge in [0.1, 0.15) is 11.6 Å². The smallest absolute Gasteiger partial charge is 0.239 e. The van der Waals surface area contributed by atoms with Crippen molar-refractivity contribution in [1.82, 2.24) is 19.9 Å². The van der Waals surface area contributed by atoms with E-state index in [1.807, 2.05) is 11.0 Å². The summed E-state index contributed by atoms with van der Waals surface area (Å²) in [4.78, 5) is 26.7. The van der Waals surface area contributed by atoms with Gasteiger partial charge in [-0.1, -0.05) is 0 Å². The molecule has 0 aliphatic carbocycles. The molecular weight excluding hydrogens is 349 g/mol. The van der Waals surface area contributed by atoms with Crippen LogP contribution in [0.4, 0.5) is 10.2 Å². The molecule has 3 aromatic heterocycles. The number of nitrogens with zero attached hydrogens (tertiary/aromatic N) is 4. The van der Waals surface area contributed by atoms with Crippen LogP contribution in [0.3, 0.4) is 0 Å².